The van der Waals surface area contributed by atoms with Gasteiger partial charge in [-0.3, -0.25) is 9.69 Å². The van der Waals surface area contributed by atoms with E-state index in [0.29, 0.717) is 19.4 Å². The molecule has 0 bridgehead atoms. The summed E-state index contributed by atoms with van der Waals surface area (Å²) < 4.78 is 31.6. The van der Waals surface area contributed by atoms with E-state index < -0.39 is 10.0 Å². The summed E-state index contributed by atoms with van der Waals surface area (Å²) in [5.74, 6) is -0.273. The van der Waals surface area contributed by atoms with E-state index in [9.17, 15) is 13.2 Å². The molecule has 8 heteroatoms. The predicted molar refractivity (Wildman–Crippen MR) is 79.4 cm³/mol. The molecule has 0 aromatic heterocycles. The monoisotopic (exact) mass is 319 g/mol. The van der Waals surface area contributed by atoms with Gasteiger partial charge in [-0.1, -0.05) is 12.8 Å². The average molecular weight is 319 g/mol. The molecular formula is C13H25N3O4S. The van der Waals surface area contributed by atoms with Gasteiger partial charge < -0.3 is 10.1 Å². The first-order valence-electron chi connectivity index (χ1n) is 7.63. The highest BCUT2D eigenvalue weighted by atomic mass is 32.2. The van der Waals surface area contributed by atoms with Crippen molar-refractivity contribution in [3.8, 4) is 0 Å². The Labute approximate surface area is 126 Å². The maximum Gasteiger partial charge on any atom is 0.235 e. The smallest absolute Gasteiger partial charge is 0.235 e. The molecule has 1 heterocycles. The van der Waals surface area contributed by atoms with Crippen molar-refractivity contribution in [1.29, 1.82) is 0 Å². The van der Waals surface area contributed by atoms with Crippen molar-refractivity contribution >= 4 is 15.9 Å². The van der Waals surface area contributed by atoms with Crippen LogP contribution in [0.4, 0.5) is 0 Å². The molecule has 1 aliphatic carbocycles. The van der Waals surface area contributed by atoms with Gasteiger partial charge in [0.25, 0.3) is 0 Å². The maximum absolute atomic E-state index is 11.9. The molecule has 1 amide bonds. The molecule has 1 saturated heterocycles. The zero-order chi connectivity index (χ0) is 15.1. The molecule has 0 spiro atoms. The summed E-state index contributed by atoms with van der Waals surface area (Å²) in [4.78, 5) is 13.9. The Morgan fingerprint density at radius 2 is 1.86 bits per heavy atom. The quantitative estimate of drug-likeness (QED) is 0.648. The normalized spacial score (nSPS) is 21.5. The lowest BCUT2D eigenvalue weighted by atomic mass is 10.4. The number of hydrogen-bond acceptors (Lipinski definition) is 5. The number of carbonyl (C=O) groups is 1. The molecule has 0 atom stereocenters. The number of amides is 1. The number of morpholine rings is 1. The largest absolute Gasteiger partial charge is 0.379 e. The van der Waals surface area contributed by atoms with Crippen LogP contribution in [0.3, 0.4) is 0 Å². The Hall–Kier alpha value is -0.700. The van der Waals surface area contributed by atoms with Crippen molar-refractivity contribution in [3.05, 3.63) is 0 Å². The molecule has 2 rings (SSSR count). The zero-order valence-corrected chi connectivity index (χ0v) is 13.2. The number of rotatable bonds is 7. The van der Waals surface area contributed by atoms with Crippen LogP contribution in [0, 0.1) is 0 Å². The minimum atomic E-state index is -3.34. The maximum atomic E-state index is 11.9. The van der Waals surface area contributed by atoms with Crippen molar-refractivity contribution in [3.63, 3.8) is 0 Å². The van der Waals surface area contributed by atoms with Gasteiger partial charge in [0.1, 0.15) is 0 Å². The summed E-state index contributed by atoms with van der Waals surface area (Å²) in [6.07, 6.45) is 3.32. The third-order valence-corrected chi connectivity index (χ3v) is 5.92. The zero-order valence-electron chi connectivity index (χ0n) is 12.3. The second-order valence-corrected chi connectivity index (χ2v) is 7.62. The summed E-state index contributed by atoms with van der Waals surface area (Å²) in [6, 6.07) is 0. The third-order valence-electron chi connectivity index (χ3n) is 4.03. The number of ether oxygens (including phenoxy) is 1. The van der Waals surface area contributed by atoms with Crippen LogP contribution in [0.5, 0.6) is 0 Å². The fraction of sp³-hybridized carbons (Fsp3) is 0.923. The third kappa shape index (κ3) is 5.54. The van der Waals surface area contributed by atoms with Crippen molar-refractivity contribution in [2.24, 2.45) is 0 Å². The molecule has 122 valence electrons. The molecule has 0 aromatic carbocycles. The van der Waals surface area contributed by atoms with Gasteiger partial charge in [0, 0.05) is 26.2 Å². The molecule has 2 aliphatic rings. The Bertz CT molecular complexity index is 429. The molecule has 21 heavy (non-hydrogen) atoms. The van der Waals surface area contributed by atoms with Crippen molar-refractivity contribution in [2.75, 3.05) is 45.9 Å². The van der Waals surface area contributed by atoms with E-state index in [2.05, 4.69) is 14.9 Å². The van der Waals surface area contributed by atoms with E-state index in [-0.39, 0.29) is 17.7 Å². The Morgan fingerprint density at radius 3 is 2.52 bits per heavy atom. The SMILES string of the molecule is O=C(CNS(=O)(=O)C1CCCC1)NCCN1CCOCC1. The fourth-order valence-corrected chi connectivity index (χ4v) is 4.25. The van der Waals surface area contributed by atoms with Crippen molar-refractivity contribution < 1.29 is 17.9 Å². The van der Waals surface area contributed by atoms with E-state index in [4.69, 9.17) is 4.74 Å². The topological polar surface area (TPSA) is 87.7 Å². The first-order valence-corrected chi connectivity index (χ1v) is 9.18. The number of nitrogens with zero attached hydrogens (tertiary/aromatic N) is 1. The van der Waals surface area contributed by atoms with Crippen LogP contribution in [0.2, 0.25) is 0 Å². The molecule has 2 N–H and O–H groups in total. The summed E-state index contributed by atoms with van der Waals surface area (Å²) in [6.45, 7) is 4.36. The number of carbonyl (C=O) groups excluding carboxylic acids is 1. The van der Waals surface area contributed by atoms with Crippen LogP contribution < -0.4 is 10.0 Å². The molecule has 7 nitrogen and oxygen atoms in total. The highest BCUT2D eigenvalue weighted by molar-refractivity contribution is 7.90. The Morgan fingerprint density at radius 1 is 1.19 bits per heavy atom. The van der Waals surface area contributed by atoms with Crippen LogP contribution >= 0.6 is 0 Å². The molecule has 1 saturated carbocycles. The van der Waals surface area contributed by atoms with Gasteiger partial charge in [-0.15, -0.1) is 0 Å². The second kappa shape index (κ2) is 8.07. The standard InChI is InChI=1S/C13H25N3O4S/c17-13(14-5-6-16-7-9-20-10-8-16)11-15-21(18,19)12-3-1-2-4-12/h12,15H,1-11H2,(H,14,17). The van der Waals surface area contributed by atoms with E-state index in [1.807, 2.05) is 0 Å². The van der Waals surface area contributed by atoms with Gasteiger partial charge >= 0.3 is 0 Å². The van der Waals surface area contributed by atoms with Gasteiger partial charge in [-0.2, -0.15) is 0 Å². The number of hydrogen-bond donors (Lipinski definition) is 2. The van der Waals surface area contributed by atoms with Crippen LogP contribution in [0.1, 0.15) is 25.7 Å². The molecule has 1 aliphatic heterocycles. The lowest BCUT2D eigenvalue weighted by Gasteiger charge is -2.26. The second-order valence-electron chi connectivity index (χ2n) is 5.58. The molecule has 0 aromatic rings. The highest BCUT2D eigenvalue weighted by Crippen LogP contribution is 2.23. The summed E-state index contributed by atoms with van der Waals surface area (Å²) in [5, 5.41) is 2.42. The minimum Gasteiger partial charge on any atom is -0.379 e. The van der Waals surface area contributed by atoms with Crippen LogP contribution in [-0.2, 0) is 19.6 Å². The van der Waals surface area contributed by atoms with Gasteiger partial charge in [0.2, 0.25) is 15.9 Å². The van der Waals surface area contributed by atoms with Gasteiger partial charge in [-0.05, 0) is 12.8 Å². The predicted octanol–water partition coefficient (Wildman–Crippen LogP) is -0.703. The summed E-state index contributed by atoms with van der Waals surface area (Å²) in [5.41, 5.74) is 0. The van der Waals surface area contributed by atoms with Crippen molar-refractivity contribution in [1.82, 2.24) is 14.9 Å². The molecule has 0 radical (unpaired) electrons. The van der Waals surface area contributed by atoms with Crippen LogP contribution in [-0.4, -0.2) is 70.4 Å². The number of sulfonamides is 1. The highest BCUT2D eigenvalue weighted by Gasteiger charge is 2.28. The van der Waals surface area contributed by atoms with E-state index in [1.165, 1.54) is 0 Å². The molecular weight excluding hydrogens is 294 g/mol. The first kappa shape index (κ1) is 16.7. The van der Waals surface area contributed by atoms with Gasteiger partial charge in [-0.25, -0.2) is 13.1 Å². The van der Waals surface area contributed by atoms with Gasteiger partial charge in [0.05, 0.1) is 25.0 Å². The van der Waals surface area contributed by atoms with E-state index >= 15 is 0 Å². The Kier molecular flexibility index (Phi) is 6.40. The number of nitrogens with one attached hydrogen (secondary N) is 2. The van der Waals surface area contributed by atoms with E-state index in [0.717, 1.165) is 45.7 Å². The average Bonchev–Trinajstić information content (AvgIpc) is 3.01. The Balaban J connectivity index is 1.60. The lowest BCUT2D eigenvalue weighted by molar-refractivity contribution is -0.120. The van der Waals surface area contributed by atoms with Gasteiger partial charge in [0.15, 0.2) is 0 Å². The van der Waals surface area contributed by atoms with E-state index in [1.54, 1.807) is 0 Å². The first-order chi connectivity index (χ1) is 10.1. The summed E-state index contributed by atoms with van der Waals surface area (Å²) >= 11 is 0. The summed E-state index contributed by atoms with van der Waals surface area (Å²) in [7, 11) is -3.34. The fourth-order valence-electron chi connectivity index (χ4n) is 2.72. The molecule has 2 fully saturated rings. The lowest BCUT2D eigenvalue weighted by Crippen LogP contribution is -2.44. The van der Waals surface area contributed by atoms with Crippen molar-refractivity contribution in [2.45, 2.75) is 30.9 Å². The molecule has 0 unspecified atom stereocenters. The van der Waals surface area contributed by atoms with Crippen LogP contribution in [0.15, 0.2) is 0 Å². The minimum absolute atomic E-state index is 0.165. The van der Waals surface area contributed by atoms with Crippen LogP contribution in [0.25, 0.3) is 0 Å².